The maximum absolute atomic E-state index is 5.56. The second kappa shape index (κ2) is 8.45. The summed E-state index contributed by atoms with van der Waals surface area (Å²) in [5.41, 5.74) is 1.75. The van der Waals surface area contributed by atoms with Crippen LogP contribution >= 0.6 is 11.8 Å². The highest BCUT2D eigenvalue weighted by molar-refractivity contribution is 7.99. The Bertz CT molecular complexity index is 468. The van der Waals surface area contributed by atoms with Gasteiger partial charge in [0.1, 0.15) is 0 Å². The zero-order chi connectivity index (χ0) is 16.0. The summed E-state index contributed by atoms with van der Waals surface area (Å²) in [6, 6.07) is 0. The van der Waals surface area contributed by atoms with Crippen LogP contribution in [0.15, 0.2) is 17.6 Å². The molecule has 0 N–H and O–H groups in total. The highest BCUT2D eigenvalue weighted by Gasteiger charge is 2.36. The Morgan fingerprint density at radius 3 is 2.74 bits per heavy atom. The molecule has 0 bridgehead atoms. The van der Waals surface area contributed by atoms with E-state index in [0.29, 0.717) is 5.41 Å². The lowest BCUT2D eigenvalue weighted by Gasteiger charge is -2.45. The summed E-state index contributed by atoms with van der Waals surface area (Å²) < 4.78 is 5.56. The first-order valence-corrected chi connectivity index (χ1v) is 10.0. The minimum atomic E-state index is 0.507. The van der Waals surface area contributed by atoms with Crippen LogP contribution in [0.5, 0.6) is 0 Å². The summed E-state index contributed by atoms with van der Waals surface area (Å²) in [7, 11) is 0. The van der Waals surface area contributed by atoms with Gasteiger partial charge in [-0.3, -0.25) is 4.90 Å². The average Bonchev–Trinajstić information content (AvgIpc) is 2.58. The van der Waals surface area contributed by atoms with Crippen LogP contribution in [-0.2, 0) is 11.3 Å². The third-order valence-corrected chi connectivity index (χ3v) is 6.07. The molecule has 2 saturated heterocycles. The van der Waals surface area contributed by atoms with Crippen molar-refractivity contribution in [3.05, 3.63) is 18.0 Å². The second-order valence-electron chi connectivity index (χ2n) is 7.00. The molecule has 0 unspecified atom stereocenters. The molecular formula is C18H29N3OS. The van der Waals surface area contributed by atoms with Crippen molar-refractivity contribution in [1.82, 2.24) is 14.9 Å². The number of thioether (sulfide) groups is 1. The topological polar surface area (TPSA) is 38.2 Å². The minimum Gasteiger partial charge on any atom is -0.381 e. The number of hydrogen-bond donors (Lipinski definition) is 0. The first-order chi connectivity index (χ1) is 11.3. The number of nitrogens with zero attached hydrogens (tertiary/aromatic N) is 3. The van der Waals surface area contributed by atoms with Gasteiger partial charge in [0.2, 0.25) is 0 Å². The summed E-state index contributed by atoms with van der Waals surface area (Å²) in [5.74, 6) is 1.12. The molecule has 3 heterocycles. The molecule has 0 radical (unpaired) electrons. The van der Waals surface area contributed by atoms with Gasteiger partial charge >= 0.3 is 0 Å². The van der Waals surface area contributed by atoms with Crippen molar-refractivity contribution >= 4 is 11.8 Å². The van der Waals surface area contributed by atoms with Crippen LogP contribution in [0.3, 0.4) is 0 Å². The van der Waals surface area contributed by atoms with E-state index in [-0.39, 0.29) is 0 Å². The molecule has 2 aliphatic rings. The van der Waals surface area contributed by atoms with Gasteiger partial charge in [-0.1, -0.05) is 25.1 Å². The van der Waals surface area contributed by atoms with E-state index in [9.17, 15) is 0 Å². The Labute approximate surface area is 144 Å². The van der Waals surface area contributed by atoms with Crippen LogP contribution in [0.4, 0.5) is 0 Å². The molecule has 2 fully saturated rings. The number of aromatic nitrogens is 2. The van der Waals surface area contributed by atoms with E-state index in [2.05, 4.69) is 21.8 Å². The summed E-state index contributed by atoms with van der Waals surface area (Å²) in [4.78, 5) is 11.6. The van der Waals surface area contributed by atoms with E-state index in [0.717, 1.165) is 30.7 Å². The highest BCUT2D eigenvalue weighted by atomic mass is 32.2. The Morgan fingerprint density at radius 1 is 1.22 bits per heavy atom. The van der Waals surface area contributed by atoms with Crippen LogP contribution in [0.25, 0.3) is 0 Å². The number of piperidine rings is 1. The van der Waals surface area contributed by atoms with Crippen molar-refractivity contribution in [1.29, 1.82) is 0 Å². The highest BCUT2D eigenvalue weighted by Crippen LogP contribution is 2.39. The molecule has 0 atom stereocenters. The Morgan fingerprint density at radius 2 is 2.00 bits per heavy atom. The molecule has 0 aromatic carbocycles. The smallest absolute Gasteiger partial charge is 0.187 e. The molecule has 1 aromatic rings. The van der Waals surface area contributed by atoms with Crippen LogP contribution in [0, 0.1) is 5.41 Å². The fourth-order valence-corrected chi connectivity index (χ4v) is 4.59. The zero-order valence-corrected chi connectivity index (χ0v) is 15.1. The summed E-state index contributed by atoms with van der Waals surface area (Å²) in [5, 5.41) is 0.918. The quantitative estimate of drug-likeness (QED) is 0.449. The fourth-order valence-electron chi connectivity index (χ4n) is 3.72. The summed E-state index contributed by atoms with van der Waals surface area (Å²) in [6.07, 6.45) is 11.6. The van der Waals surface area contributed by atoms with Crippen molar-refractivity contribution in [3.63, 3.8) is 0 Å². The third kappa shape index (κ3) is 4.91. The standard InChI is InChI=1S/C18H29N3OS/c1-2-3-11-23-17-19-12-16(13-20-17)14-21-8-4-5-18(15-21)6-9-22-10-7-18/h12-13H,2-11,14-15H2,1H3. The van der Waals surface area contributed by atoms with Crippen LogP contribution in [0.1, 0.15) is 51.0 Å². The molecule has 3 rings (SSSR count). The first-order valence-electron chi connectivity index (χ1n) is 9.03. The molecule has 128 valence electrons. The predicted octanol–water partition coefficient (Wildman–Crippen LogP) is 3.76. The molecule has 1 spiro atoms. The van der Waals surface area contributed by atoms with Gasteiger partial charge in [0.25, 0.3) is 0 Å². The Hall–Kier alpha value is -0.650. The van der Waals surface area contributed by atoms with Crippen molar-refractivity contribution < 1.29 is 4.74 Å². The molecule has 0 aliphatic carbocycles. The number of unbranched alkanes of at least 4 members (excludes halogenated alkanes) is 1. The number of hydrogen-bond acceptors (Lipinski definition) is 5. The van der Waals surface area contributed by atoms with Gasteiger partial charge in [-0.25, -0.2) is 9.97 Å². The molecule has 0 amide bonds. The molecule has 1 aromatic heterocycles. The largest absolute Gasteiger partial charge is 0.381 e. The lowest BCUT2D eigenvalue weighted by atomic mass is 9.74. The lowest BCUT2D eigenvalue weighted by Crippen LogP contribution is -2.45. The summed E-state index contributed by atoms with van der Waals surface area (Å²) in [6.45, 7) is 7.51. The van der Waals surface area contributed by atoms with E-state index in [1.807, 2.05) is 12.4 Å². The van der Waals surface area contributed by atoms with Gasteiger partial charge in [0, 0.05) is 50.0 Å². The number of ether oxygens (including phenoxy) is 1. The van der Waals surface area contributed by atoms with Crippen LogP contribution in [-0.4, -0.2) is 46.9 Å². The molecular weight excluding hydrogens is 306 g/mol. The van der Waals surface area contributed by atoms with Crippen molar-refractivity contribution in [2.45, 2.75) is 57.1 Å². The SMILES string of the molecule is CCCCSc1ncc(CN2CCCC3(CCOCC3)C2)cn1. The van der Waals surface area contributed by atoms with E-state index in [1.165, 1.54) is 57.2 Å². The maximum Gasteiger partial charge on any atom is 0.187 e. The van der Waals surface area contributed by atoms with Gasteiger partial charge in [-0.2, -0.15) is 0 Å². The minimum absolute atomic E-state index is 0.507. The van der Waals surface area contributed by atoms with E-state index < -0.39 is 0 Å². The van der Waals surface area contributed by atoms with Crippen molar-refractivity contribution in [2.75, 3.05) is 32.1 Å². The van der Waals surface area contributed by atoms with E-state index in [4.69, 9.17) is 4.74 Å². The molecule has 23 heavy (non-hydrogen) atoms. The van der Waals surface area contributed by atoms with Gasteiger partial charge in [-0.15, -0.1) is 0 Å². The van der Waals surface area contributed by atoms with Gasteiger partial charge in [0.15, 0.2) is 5.16 Å². The Balaban J connectivity index is 1.52. The van der Waals surface area contributed by atoms with Gasteiger partial charge in [0.05, 0.1) is 0 Å². The van der Waals surface area contributed by atoms with Crippen molar-refractivity contribution in [2.24, 2.45) is 5.41 Å². The van der Waals surface area contributed by atoms with Crippen molar-refractivity contribution in [3.8, 4) is 0 Å². The monoisotopic (exact) mass is 335 g/mol. The molecule has 2 aliphatic heterocycles. The Kier molecular flexibility index (Phi) is 6.31. The fraction of sp³-hybridized carbons (Fsp3) is 0.778. The van der Waals surface area contributed by atoms with Gasteiger partial charge < -0.3 is 4.74 Å². The van der Waals surface area contributed by atoms with Gasteiger partial charge in [-0.05, 0) is 44.1 Å². The van der Waals surface area contributed by atoms with E-state index >= 15 is 0 Å². The normalized spacial score (nSPS) is 21.6. The van der Waals surface area contributed by atoms with Crippen LogP contribution < -0.4 is 0 Å². The van der Waals surface area contributed by atoms with E-state index in [1.54, 1.807) is 11.8 Å². The summed E-state index contributed by atoms with van der Waals surface area (Å²) >= 11 is 1.77. The third-order valence-electron chi connectivity index (χ3n) is 5.11. The van der Waals surface area contributed by atoms with Crippen LogP contribution in [0.2, 0.25) is 0 Å². The zero-order valence-electron chi connectivity index (χ0n) is 14.3. The average molecular weight is 336 g/mol. The predicted molar refractivity (Wildman–Crippen MR) is 94.7 cm³/mol. The second-order valence-corrected chi connectivity index (χ2v) is 8.06. The number of rotatable bonds is 6. The lowest BCUT2D eigenvalue weighted by molar-refractivity contribution is -0.0291. The maximum atomic E-state index is 5.56. The molecule has 0 saturated carbocycles. The number of likely N-dealkylation sites (tertiary alicyclic amines) is 1. The molecule has 5 heteroatoms. The first kappa shape index (κ1) is 17.2. The molecule has 4 nitrogen and oxygen atoms in total.